The second-order valence-corrected chi connectivity index (χ2v) is 5.28. The molecule has 3 rings (SSSR count). The molecule has 1 aromatic carbocycles. The Labute approximate surface area is 109 Å². The van der Waals surface area contributed by atoms with Gasteiger partial charge in [0.1, 0.15) is 5.75 Å². The van der Waals surface area contributed by atoms with Crippen molar-refractivity contribution in [2.75, 3.05) is 26.2 Å². The summed E-state index contributed by atoms with van der Waals surface area (Å²) in [7, 11) is 0. The molecule has 1 saturated heterocycles. The highest BCUT2D eigenvalue weighted by molar-refractivity contribution is 5.37. The van der Waals surface area contributed by atoms with Crippen LogP contribution in [0.4, 0.5) is 0 Å². The first kappa shape index (κ1) is 12.0. The van der Waals surface area contributed by atoms with Gasteiger partial charge in [0.15, 0.2) is 0 Å². The molecular weight excluding hydrogens is 224 g/mol. The van der Waals surface area contributed by atoms with Crippen LogP contribution in [0.15, 0.2) is 24.3 Å². The third-order valence-corrected chi connectivity index (χ3v) is 4.00. The fraction of sp³-hybridized carbons (Fsp3) is 0.600. The number of ether oxygens (including phenoxy) is 1. The lowest BCUT2D eigenvalue weighted by atomic mass is 9.93. The monoisotopic (exact) mass is 246 g/mol. The van der Waals surface area contributed by atoms with Crippen molar-refractivity contribution in [1.82, 2.24) is 10.4 Å². The van der Waals surface area contributed by atoms with E-state index in [1.165, 1.54) is 37.9 Å². The topological polar surface area (TPSA) is 24.5 Å². The minimum atomic E-state index is 0.594. The Morgan fingerprint density at radius 3 is 2.89 bits per heavy atom. The number of nitrogens with zero attached hydrogens (tertiary/aromatic N) is 1. The molecule has 1 aromatic rings. The molecule has 3 heteroatoms. The number of hydrazine groups is 1. The van der Waals surface area contributed by atoms with E-state index in [0.717, 1.165) is 25.3 Å². The maximum absolute atomic E-state index is 5.70. The SMILES string of the molecule is c1ccc2c(c1)OCCC2CNN1CCCCC1. The lowest BCUT2D eigenvalue weighted by Gasteiger charge is -2.31. The van der Waals surface area contributed by atoms with Crippen LogP contribution < -0.4 is 10.2 Å². The highest BCUT2D eigenvalue weighted by Gasteiger charge is 2.21. The molecule has 2 aliphatic heterocycles. The lowest BCUT2D eigenvalue weighted by Crippen LogP contribution is -2.43. The van der Waals surface area contributed by atoms with Gasteiger partial charge in [-0.1, -0.05) is 24.6 Å². The maximum atomic E-state index is 5.70. The Bertz CT molecular complexity index is 388. The third-order valence-electron chi connectivity index (χ3n) is 4.00. The number of hydrogen-bond acceptors (Lipinski definition) is 3. The molecule has 3 nitrogen and oxygen atoms in total. The summed E-state index contributed by atoms with van der Waals surface area (Å²) in [5.41, 5.74) is 4.98. The van der Waals surface area contributed by atoms with Crippen LogP contribution in [0, 0.1) is 0 Å². The number of hydrogen-bond donors (Lipinski definition) is 1. The molecule has 2 heterocycles. The number of piperidine rings is 1. The van der Waals surface area contributed by atoms with E-state index in [2.05, 4.69) is 34.7 Å². The zero-order valence-corrected chi connectivity index (χ0v) is 10.9. The van der Waals surface area contributed by atoms with Crippen molar-refractivity contribution >= 4 is 0 Å². The summed E-state index contributed by atoms with van der Waals surface area (Å²) in [6.07, 6.45) is 5.17. The first-order chi connectivity index (χ1) is 8.93. The van der Waals surface area contributed by atoms with Crippen molar-refractivity contribution in [3.05, 3.63) is 29.8 Å². The molecule has 0 saturated carbocycles. The number of nitrogens with one attached hydrogen (secondary N) is 1. The molecule has 1 fully saturated rings. The highest BCUT2D eigenvalue weighted by Crippen LogP contribution is 2.32. The minimum Gasteiger partial charge on any atom is -0.493 e. The van der Waals surface area contributed by atoms with Gasteiger partial charge in [0, 0.05) is 25.6 Å². The van der Waals surface area contributed by atoms with Crippen LogP contribution >= 0.6 is 0 Å². The molecule has 2 aliphatic rings. The van der Waals surface area contributed by atoms with E-state index < -0.39 is 0 Å². The molecule has 1 unspecified atom stereocenters. The molecule has 0 amide bonds. The van der Waals surface area contributed by atoms with Gasteiger partial charge in [0.05, 0.1) is 6.61 Å². The van der Waals surface area contributed by atoms with Gasteiger partial charge in [0.25, 0.3) is 0 Å². The number of fused-ring (bicyclic) bond motifs is 1. The van der Waals surface area contributed by atoms with Gasteiger partial charge in [-0.2, -0.15) is 0 Å². The maximum Gasteiger partial charge on any atom is 0.122 e. The van der Waals surface area contributed by atoms with E-state index in [4.69, 9.17) is 4.74 Å². The van der Waals surface area contributed by atoms with Gasteiger partial charge in [-0.05, 0) is 30.9 Å². The van der Waals surface area contributed by atoms with Crippen LogP contribution in [0.2, 0.25) is 0 Å². The Balaban J connectivity index is 1.60. The average Bonchev–Trinajstić information content (AvgIpc) is 2.46. The summed E-state index contributed by atoms with van der Waals surface area (Å²) in [4.78, 5) is 0. The van der Waals surface area contributed by atoms with Crippen molar-refractivity contribution in [1.29, 1.82) is 0 Å². The molecule has 98 valence electrons. The molecule has 1 N–H and O–H groups in total. The number of rotatable bonds is 3. The summed E-state index contributed by atoms with van der Waals surface area (Å²) in [6, 6.07) is 8.46. The summed E-state index contributed by atoms with van der Waals surface area (Å²) in [5.74, 6) is 1.67. The summed E-state index contributed by atoms with van der Waals surface area (Å²) < 4.78 is 5.70. The van der Waals surface area contributed by atoms with Crippen LogP contribution in [0.1, 0.15) is 37.2 Å². The molecule has 0 radical (unpaired) electrons. The first-order valence-corrected chi connectivity index (χ1v) is 7.13. The van der Waals surface area contributed by atoms with Gasteiger partial charge < -0.3 is 4.74 Å². The van der Waals surface area contributed by atoms with Crippen LogP contribution in [-0.2, 0) is 0 Å². The Hall–Kier alpha value is -1.06. The van der Waals surface area contributed by atoms with E-state index in [1.807, 2.05) is 0 Å². The van der Waals surface area contributed by atoms with Gasteiger partial charge in [0.2, 0.25) is 0 Å². The summed E-state index contributed by atoms with van der Waals surface area (Å²) >= 11 is 0. The molecule has 0 aromatic heterocycles. The number of para-hydroxylation sites is 1. The summed E-state index contributed by atoms with van der Waals surface area (Å²) in [5, 5.41) is 2.39. The molecule has 18 heavy (non-hydrogen) atoms. The summed E-state index contributed by atoms with van der Waals surface area (Å²) in [6.45, 7) is 4.29. The molecule has 0 aliphatic carbocycles. The normalized spacial score (nSPS) is 24.3. The van der Waals surface area contributed by atoms with Gasteiger partial charge in [-0.3, -0.25) is 5.43 Å². The molecular formula is C15H22N2O. The predicted octanol–water partition coefficient (Wildman–Crippen LogP) is 2.54. The van der Waals surface area contributed by atoms with E-state index in [-0.39, 0.29) is 0 Å². The number of benzene rings is 1. The van der Waals surface area contributed by atoms with Crippen molar-refractivity contribution in [3.63, 3.8) is 0 Å². The lowest BCUT2D eigenvalue weighted by molar-refractivity contribution is 0.144. The van der Waals surface area contributed by atoms with Gasteiger partial charge in [-0.15, -0.1) is 0 Å². The molecule has 0 spiro atoms. The van der Waals surface area contributed by atoms with E-state index >= 15 is 0 Å². The van der Waals surface area contributed by atoms with Crippen LogP contribution in [0.3, 0.4) is 0 Å². The fourth-order valence-electron chi connectivity index (χ4n) is 2.92. The molecule has 1 atom stereocenters. The largest absolute Gasteiger partial charge is 0.493 e. The standard InChI is InChI=1S/C15H22N2O/c1-4-9-17(10-5-1)16-12-13-8-11-18-15-7-3-2-6-14(13)15/h2-3,6-7,13,16H,1,4-5,8-12H2. The van der Waals surface area contributed by atoms with Crippen LogP contribution in [0.25, 0.3) is 0 Å². The highest BCUT2D eigenvalue weighted by atomic mass is 16.5. The minimum absolute atomic E-state index is 0.594. The quantitative estimate of drug-likeness (QED) is 0.887. The Morgan fingerprint density at radius 2 is 2.00 bits per heavy atom. The second kappa shape index (κ2) is 5.72. The van der Waals surface area contributed by atoms with Crippen molar-refractivity contribution < 1.29 is 4.74 Å². The third kappa shape index (κ3) is 2.68. The van der Waals surface area contributed by atoms with Crippen molar-refractivity contribution in [3.8, 4) is 5.75 Å². The van der Waals surface area contributed by atoms with Gasteiger partial charge in [-0.25, -0.2) is 5.01 Å². The van der Waals surface area contributed by atoms with Gasteiger partial charge >= 0.3 is 0 Å². The first-order valence-electron chi connectivity index (χ1n) is 7.13. The van der Waals surface area contributed by atoms with E-state index in [0.29, 0.717) is 5.92 Å². The Morgan fingerprint density at radius 1 is 1.17 bits per heavy atom. The zero-order chi connectivity index (χ0) is 12.2. The molecule has 0 bridgehead atoms. The van der Waals surface area contributed by atoms with Crippen LogP contribution in [0.5, 0.6) is 5.75 Å². The van der Waals surface area contributed by atoms with Crippen molar-refractivity contribution in [2.24, 2.45) is 0 Å². The fourth-order valence-corrected chi connectivity index (χ4v) is 2.92. The van der Waals surface area contributed by atoms with E-state index in [9.17, 15) is 0 Å². The van der Waals surface area contributed by atoms with E-state index in [1.54, 1.807) is 0 Å². The smallest absolute Gasteiger partial charge is 0.122 e. The van der Waals surface area contributed by atoms with Crippen LogP contribution in [-0.4, -0.2) is 31.3 Å². The second-order valence-electron chi connectivity index (χ2n) is 5.28. The Kier molecular flexibility index (Phi) is 3.81. The van der Waals surface area contributed by atoms with Crippen molar-refractivity contribution in [2.45, 2.75) is 31.6 Å². The average molecular weight is 246 g/mol. The predicted molar refractivity (Wildman–Crippen MR) is 72.7 cm³/mol. The zero-order valence-electron chi connectivity index (χ0n) is 10.9.